The molecule has 0 aromatic heterocycles. The average Bonchev–Trinajstić information content (AvgIpc) is 3.53. The van der Waals surface area contributed by atoms with Crippen molar-refractivity contribution in [3.05, 3.63) is 146 Å². The van der Waals surface area contributed by atoms with Crippen molar-refractivity contribution >= 4 is 17.9 Å². The van der Waals surface area contributed by atoms with Crippen molar-refractivity contribution in [2.45, 2.75) is 309 Å². The van der Waals surface area contributed by atoms with E-state index in [4.69, 9.17) is 18.9 Å². The Kier molecular flexibility index (Phi) is 67.3. The molecule has 2 unspecified atom stereocenters. The van der Waals surface area contributed by atoms with E-state index in [0.29, 0.717) is 11.0 Å². The highest BCUT2D eigenvalue weighted by Crippen LogP contribution is 2.17. The van der Waals surface area contributed by atoms with Gasteiger partial charge in [-0.3, -0.25) is 9.59 Å². The first-order chi connectivity index (χ1) is 44.6. The summed E-state index contributed by atoms with van der Waals surface area (Å²) in [5, 5.41) is 9.76. The zero-order chi connectivity index (χ0) is 66.1. The Bertz CT molecular complexity index is 2010. The van der Waals surface area contributed by atoms with Gasteiger partial charge in [0.25, 0.3) is 6.29 Å². The average molecular weight is 1270 g/mol. The van der Waals surface area contributed by atoms with Crippen LogP contribution in [0.4, 0.5) is 0 Å². The highest BCUT2D eigenvalue weighted by molar-refractivity contribution is 5.71. The summed E-state index contributed by atoms with van der Waals surface area (Å²) < 4.78 is 23.0. The standard InChI is InChI=1S/C82H137NO8/c1-6-8-10-12-14-16-18-20-22-24-26-28-30-32-33-34-35-36-37-38-39-40-41-42-43-44-45-46-47-49-51-53-55-57-59-61-63-65-67-69-71-73-80(85)91-78(77-90-82(81(86)87)88-75-74-83(3,4)5)76-89-79(84)72-70-68-66-64-62-60-58-56-54-52-50-48-31-29-27-25-23-21-19-17-15-13-11-9-7-2/h8-11,14-17,20-23,26-29,32-33,35-36,38-39,48,50,78,82H,6-7,12-13,18-19,24-25,30-31,34,37,40-47,49,51-77H2,1-5H3/p+1/b10-8-,11-9-,16-14-,17-15-,22-20-,23-21-,28-26-,29-27-,33-32-,36-35-,39-38-,50-48-. The van der Waals surface area contributed by atoms with E-state index in [2.05, 4.69) is 160 Å². The zero-order valence-corrected chi connectivity index (χ0v) is 59.2. The van der Waals surface area contributed by atoms with Gasteiger partial charge < -0.3 is 28.5 Å². The Balaban J connectivity index is 4.06. The Morgan fingerprint density at radius 3 is 0.879 bits per heavy atom. The Hall–Kier alpha value is -4.83. The summed E-state index contributed by atoms with van der Waals surface area (Å²) in [6.45, 7) is 4.65. The van der Waals surface area contributed by atoms with E-state index in [1.54, 1.807) is 0 Å². The molecule has 0 saturated carbocycles. The van der Waals surface area contributed by atoms with Gasteiger partial charge in [0.15, 0.2) is 6.10 Å². The zero-order valence-electron chi connectivity index (χ0n) is 59.2. The van der Waals surface area contributed by atoms with Gasteiger partial charge in [0, 0.05) is 12.8 Å². The fourth-order valence-electron chi connectivity index (χ4n) is 10.0. The monoisotopic (exact) mass is 1270 g/mol. The van der Waals surface area contributed by atoms with Gasteiger partial charge in [-0.25, -0.2) is 4.79 Å². The Morgan fingerprint density at radius 1 is 0.330 bits per heavy atom. The highest BCUT2D eigenvalue weighted by atomic mass is 16.7. The maximum absolute atomic E-state index is 13.0. The summed E-state index contributed by atoms with van der Waals surface area (Å²) in [4.78, 5) is 37.7. The number of hydrogen-bond acceptors (Lipinski definition) is 7. The van der Waals surface area contributed by atoms with Crippen LogP contribution in [0.1, 0.15) is 296 Å². The van der Waals surface area contributed by atoms with Crippen LogP contribution in [-0.4, -0.2) is 87.4 Å². The van der Waals surface area contributed by atoms with E-state index >= 15 is 0 Å². The molecule has 1 N–H and O–H groups in total. The van der Waals surface area contributed by atoms with Crippen LogP contribution in [-0.2, 0) is 33.3 Å². The third-order valence-corrected chi connectivity index (χ3v) is 15.6. The van der Waals surface area contributed by atoms with E-state index in [1.807, 2.05) is 21.1 Å². The summed E-state index contributed by atoms with van der Waals surface area (Å²) in [6, 6.07) is 0. The van der Waals surface area contributed by atoms with Gasteiger partial charge in [0.1, 0.15) is 13.2 Å². The lowest BCUT2D eigenvalue weighted by atomic mass is 10.0. The first-order valence-electron chi connectivity index (χ1n) is 37.0. The van der Waals surface area contributed by atoms with Gasteiger partial charge in [-0.05, 0) is 116 Å². The highest BCUT2D eigenvalue weighted by Gasteiger charge is 2.25. The molecule has 91 heavy (non-hydrogen) atoms. The van der Waals surface area contributed by atoms with Gasteiger partial charge >= 0.3 is 17.9 Å². The fourth-order valence-corrected chi connectivity index (χ4v) is 10.0. The van der Waals surface area contributed by atoms with Crippen LogP contribution in [0.3, 0.4) is 0 Å². The number of nitrogens with zero attached hydrogens (tertiary/aromatic N) is 1. The van der Waals surface area contributed by atoms with Crippen molar-refractivity contribution in [3.8, 4) is 0 Å². The molecule has 2 atom stereocenters. The Morgan fingerprint density at radius 2 is 0.593 bits per heavy atom. The Labute approximate surface area is 560 Å². The summed E-state index contributed by atoms with van der Waals surface area (Å²) in [7, 11) is 5.97. The van der Waals surface area contributed by atoms with E-state index in [-0.39, 0.29) is 38.6 Å². The van der Waals surface area contributed by atoms with Crippen molar-refractivity contribution in [3.63, 3.8) is 0 Å². The normalized spacial score (nSPS) is 13.5. The maximum Gasteiger partial charge on any atom is 0.361 e. The first-order valence-corrected chi connectivity index (χ1v) is 37.0. The number of unbranched alkanes of at least 4 members (excludes halogenated alkanes) is 28. The molecule has 0 spiro atoms. The smallest absolute Gasteiger partial charge is 0.361 e. The van der Waals surface area contributed by atoms with Gasteiger partial charge in [-0.2, -0.15) is 0 Å². The third-order valence-electron chi connectivity index (χ3n) is 15.6. The summed E-state index contributed by atoms with van der Waals surface area (Å²) >= 11 is 0. The van der Waals surface area contributed by atoms with E-state index in [1.165, 1.54) is 141 Å². The van der Waals surface area contributed by atoms with Crippen molar-refractivity contribution in [1.82, 2.24) is 0 Å². The molecular weight excluding hydrogens is 1130 g/mol. The van der Waals surface area contributed by atoms with Crippen molar-refractivity contribution < 1.29 is 42.9 Å². The number of allylic oxidation sites excluding steroid dienone is 24. The lowest BCUT2D eigenvalue weighted by molar-refractivity contribution is -0.870. The number of hydrogen-bond donors (Lipinski definition) is 1. The van der Waals surface area contributed by atoms with Crippen LogP contribution in [0.15, 0.2) is 146 Å². The number of likely N-dealkylation sites (N-methyl/N-ethyl adjacent to an activating group) is 1. The molecule has 0 amide bonds. The van der Waals surface area contributed by atoms with Crippen LogP contribution in [0.5, 0.6) is 0 Å². The molecular formula is C82H138NO8+. The summed E-state index contributed by atoms with van der Waals surface area (Å²) in [5.74, 6) is -2.01. The minimum Gasteiger partial charge on any atom is -0.477 e. The van der Waals surface area contributed by atoms with E-state index in [9.17, 15) is 19.5 Å². The molecule has 0 aliphatic rings. The maximum atomic E-state index is 13.0. The van der Waals surface area contributed by atoms with Crippen LogP contribution >= 0.6 is 0 Å². The van der Waals surface area contributed by atoms with Crippen molar-refractivity contribution in [2.24, 2.45) is 0 Å². The molecule has 0 radical (unpaired) electrons. The van der Waals surface area contributed by atoms with Crippen LogP contribution in [0.2, 0.25) is 0 Å². The van der Waals surface area contributed by atoms with Gasteiger partial charge in [0.2, 0.25) is 0 Å². The van der Waals surface area contributed by atoms with Crippen LogP contribution in [0.25, 0.3) is 0 Å². The molecule has 0 heterocycles. The number of ether oxygens (including phenoxy) is 4. The van der Waals surface area contributed by atoms with E-state index < -0.39 is 24.3 Å². The van der Waals surface area contributed by atoms with Crippen LogP contribution in [0, 0.1) is 0 Å². The topological polar surface area (TPSA) is 108 Å². The number of carbonyl (C=O) groups excluding carboxylic acids is 2. The molecule has 518 valence electrons. The van der Waals surface area contributed by atoms with Crippen molar-refractivity contribution in [2.75, 3.05) is 47.5 Å². The first kappa shape index (κ1) is 86.2. The third kappa shape index (κ3) is 72.5. The van der Waals surface area contributed by atoms with Gasteiger partial charge in [-0.15, -0.1) is 0 Å². The minimum absolute atomic E-state index is 0.182. The quantitative estimate of drug-likeness (QED) is 0.0211. The molecule has 9 nitrogen and oxygen atoms in total. The lowest BCUT2D eigenvalue weighted by Gasteiger charge is -2.25. The second kappa shape index (κ2) is 71.0. The molecule has 9 heteroatoms. The van der Waals surface area contributed by atoms with E-state index in [0.717, 1.165) is 128 Å². The minimum atomic E-state index is -1.52. The molecule has 0 fully saturated rings. The van der Waals surface area contributed by atoms with Gasteiger partial charge in [-0.1, -0.05) is 314 Å². The molecule has 0 aromatic rings. The number of rotatable bonds is 67. The molecule has 0 aromatic carbocycles. The molecule has 0 rings (SSSR count). The number of carboxylic acids is 1. The number of carbonyl (C=O) groups is 3. The van der Waals surface area contributed by atoms with Crippen molar-refractivity contribution in [1.29, 1.82) is 0 Å². The predicted molar refractivity (Wildman–Crippen MR) is 391 cm³/mol. The SMILES string of the molecule is CC/C=C\C/C=C\C/C=C\C/C=C\C/C=C\C/C=C\C/C=C\CCCCCCCCCCCCCCCCCCCCCC(=O)OC(COC(=O)CCCCCCCCCCC/C=C\C/C=C\C/C=C\C/C=C\C/C=C\CC)COC(OCC[N+](C)(C)C)C(=O)O. The fraction of sp³-hybridized carbons (Fsp3) is 0.671. The second-order valence-corrected chi connectivity index (χ2v) is 25.5. The summed E-state index contributed by atoms with van der Waals surface area (Å²) in [6.07, 6.45) is 101. The number of quaternary nitrogens is 1. The molecule has 0 aliphatic heterocycles. The van der Waals surface area contributed by atoms with Crippen LogP contribution < -0.4 is 0 Å². The summed E-state index contributed by atoms with van der Waals surface area (Å²) in [5.41, 5.74) is 0. The second-order valence-electron chi connectivity index (χ2n) is 25.5. The molecule has 0 bridgehead atoms. The lowest BCUT2D eigenvalue weighted by Crippen LogP contribution is -2.40. The van der Waals surface area contributed by atoms with Gasteiger partial charge in [0.05, 0.1) is 34.4 Å². The number of esters is 2. The molecule has 0 aliphatic carbocycles. The number of carboxylic acid groups (broad SMARTS) is 1. The number of aliphatic carboxylic acids is 1. The molecule has 0 saturated heterocycles. The largest absolute Gasteiger partial charge is 0.477 e. The predicted octanol–water partition coefficient (Wildman–Crippen LogP) is 23.5.